The molecule has 0 spiro atoms. The molecule has 0 aliphatic rings. The SMILES string of the molecule is c1ccc(-c2ccc3ccc4c(-c5c6sc7ccccc7c6cc6sc7ccccc7c56)ccc5ccc2c3c54)cc1. The van der Waals surface area contributed by atoms with Crippen molar-refractivity contribution < 1.29 is 0 Å². The molecular weight excluding hydrogens is 545 g/mol. The molecule has 0 aliphatic carbocycles. The van der Waals surface area contributed by atoms with Crippen molar-refractivity contribution >= 4 is 95.3 Å². The van der Waals surface area contributed by atoms with Crippen LogP contribution in [-0.2, 0) is 0 Å². The van der Waals surface area contributed by atoms with Crippen LogP contribution in [-0.4, -0.2) is 0 Å². The summed E-state index contributed by atoms with van der Waals surface area (Å²) < 4.78 is 5.44. The van der Waals surface area contributed by atoms with E-state index in [0.717, 1.165) is 0 Å². The van der Waals surface area contributed by atoms with Crippen LogP contribution in [0.1, 0.15) is 0 Å². The maximum absolute atomic E-state index is 2.44. The fourth-order valence-electron chi connectivity index (χ4n) is 7.21. The Balaban J connectivity index is 1.40. The Labute approximate surface area is 250 Å². The first-order chi connectivity index (χ1) is 20.8. The lowest BCUT2D eigenvalue weighted by Gasteiger charge is -2.17. The van der Waals surface area contributed by atoms with Gasteiger partial charge in [-0.1, -0.05) is 115 Å². The predicted octanol–water partition coefficient (Wildman–Crippen LogP) is 12.7. The second kappa shape index (κ2) is 8.39. The van der Waals surface area contributed by atoms with E-state index in [4.69, 9.17) is 0 Å². The zero-order valence-electron chi connectivity index (χ0n) is 22.5. The summed E-state index contributed by atoms with van der Waals surface area (Å²) in [6, 6.07) is 49.7. The molecule has 0 nitrogen and oxygen atoms in total. The Bertz CT molecular complexity index is 2660. The molecule has 0 atom stereocenters. The summed E-state index contributed by atoms with van der Waals surface area (Å²) in [6.45, 7) is 0. The van der Waals surface area contributed by atoms with E-state index >= 15 is 0 Å². The molecule has 0 bridgehead atoms. The second-order valence-corrected chi connectivity index (χ2v) is 13.3. The van der Waals surface area contributed by atoms with Crippen molar-refractivity contribution in [2.45, 2.75) is 0 Å². The van der Waals surface area contributed by atoms with Gasteiger partial charge in [0.1, 0.15) is 0 Å². The number of benzene rings is 8. The summed E-state index contributed by atoms with van der Waals surface area (Å²) in [6.07, 6.45) is 0. The Morgan fingerprint density at radius 3 is 1.71 bits per heavy atom. The third-order valence-electron chi connectivity index (χ3n) is 9.03. The van der Waals surface area contributed by atoms with Gasteiger partial charge in [0.2, 0.25) is 0 Å². The van der Waals surface area contributed by atoms with Gasteiger partial charge in [0.15, 0.2) is 0 Å². The minimum absolute atomic E-state index is 1.26. The first kappa shape index (κ1) is 22.9. The molecule has 2 heteroatoms. The highest BCUT2D eigenvalue weighted by Crippen LogP contribution is 2.51. The molecule has 0 fully saturated rings. The number of hydrogen-bond donors (Lipinski definition) is 0. The van der Waals surface area contributed by atoms with Gasteiger partial charge in [-0.2, -0.15) is 0 Å². The van der Waals surface area contributed by atoms with Crippen LogP contribution in [0.4, 0.5) is 0 Å². The summed E-state index contributed by atoms with van der Waals surface area (Å²) in [7, 11) is 0. The van der Waals surface area contributed by atoms with E-state index < -0.39 is 0 Å². The van der Waals surface area contributed by atoms with Crippen LogP contribution in [0, 0.1) is 0 Å². The average Bonchev–Trinajstić information content (AvgIpc) is 3.61. The maximum atomic E-state index is 2.44. The molecule has 0 N–H and O–H groups in total. The van der Waals surface area contributed by atoms with Crippen LogP contribution in [0.25, 0.3) is 94.9 Å². The molecule has 10 rings (SSSR count). The first-order valence-corrected chi connectivity index (χ1v) is 16.0. The number of fused-ring (bicyclic) bond motifs is 6. The van der Waals surface area contributed by atoms with Crippen LogP contribution in [0.5, 0.6) is 0 Å². The molecule has 194 valence electrons. The van der Waals surface area contributed by atoms with Crippen molar-refractivity contribution in [1.82, 2.24) is 0 Å². The van der Waals surface area contributed by atoms with Crippen molar-refractivity contribution in [2.24, 2.45) is 0 Å². The van der Waals surface area contributed by atoms with Crippen LogP contribution < -0.4 is 0 Å². The van der Waals surface area contributed by atoms with Crippen molar-refractivity contribution in [3.05, 3.63) is 133 Å². The fraction of sp³-hybridized carbons (Fsp3) is 0. The summed E-state index contributed by atoms with van der Waals surface area (Å²) in [5, 5.41) is 13.4. The molecule has 2 heterocycles. The monoisotopic (exact) mass is 566 g/mol. The van der Waals surface area contributed by atoms with Gasteiger partial charge >= 0.3 is 0 Å². The average molecular weight is 567 g/mol. The largest absolute Gasteiger partial charge is 0.135 e. The highest BCUT2D eigenvalue weighted by Gasteiger charge is 2.21. The first-order valence-electron chi connectivity index (χ1n) is 14.4. The fourth-order valence-corrected chi connectivity index (χ4v) is 9.61. The second-order valence-electron chi connectivity index (χ2n) is 11.2. The van der Waals surface area contributed by atoms with E-state index in [-0.39, 0.29) is 0 Å². The van der Waals surface area contributed by atoms with Gasteiger partial charge in [0.25, 0.3) is 0 Å². The van der Waals surface area contributed by atoms with E-state index in [2.05, 4.69) is 133 Å². The molecule has 0 radical (unpaired) electrons. The van der Waals surface area contributed by atoms with Crippen LogP contribution in [0.2, 0.25) is 0 Å². The molecule has 0 aliphatic heterocycles. The van der Waals surface area contributed by atoms with Gasteiger partial charge in [-0.15, -0.1) is 22.7 Å². The predicted molar refractivity (Wildman–Crippen MR) is 187 cm³/mol. The van der Waals surface area contributed by atoms with Crippen molar-refractivity contribution in [1.29, 1.82) is 0 Å². The topological polar surface area (TPSA) is 0 Å². The van der Waals surface area contributed by atoms with Crippen molar-refractivity contribution in [3.8, 4) is 22.3 Å². The van der Waals surface area contributed by atoms with Gasteiger partial charge in [-0.25, -0.2) is 0 Å². The quantitative estimate of drug-likeness (QED) is 0.183. The highest BCUT2D eigenvalue weighted by molar-refractivity contribution is 7.28. The van der Waals surface area contributed by atoms with Crippen LogP contribution >= 0.6 is 22.7 Å². The summed E-state index contributed by atoms with van der Waals surface area (Å²) >= 11 is 3.85. The molecular formula is C40H22S2. The number of thiophene rings is 2. The smallest absolute Gasteiger partial charge is 0.0441 e. The molecule has 42 heavy (non-hydrogen) atoms. The van der Waals surface area contributed by atoms with E-state index in [1.54, 1.807) is 0 Å². The minimum Gasteiger partial charge on any atom is -0.135 e. The number of hydrogen-bond acceptors (Lipinski definition) is 2. The molecule has 0 saturated heterocycles. The van der Waals surface area contributed by atoms with Crippen LogP contribution in [0.3, 0.4) is 0 Å². The lowest BCUT2D eigenvalue weighted by Crippen LogP contribution is -1.90. The Hall–Kier alpha value is -4.76. The van der Waals surface area contributed by atoms with E-state index in [1.165, 1.54) is 94.9 Å². The van der Waals surface area contributed by atoms with Gasteiger partial charge in [-0.3, -0.25) is 0 Å². The van der Waals surface area contributed by atoms with Gasteiger partial charge < -0.3 is 0 Å². The lowest BCUT2D eigenvalue weighted by molar-refractivity contribution is 1.66. The number of rotatable bonds is 2. The highest BCUT2D eigenvalue weighted by atomic mass is 32.1. The molecule has 2 aromatic heterocycles. The van der Waals surface area contributed by atoms with Crippen molar-refractivity contribution in [2.75, 3.05) is 0 Å². The third-order valence-corrected chi connectivity index (χ3v) is 11.3. The summed E-state index contributed by atoms with van der Waals surface area (Å²) in [5.74, 6) is 0. The van der Waals surface area contributed by atoms with E-state index in [1.807, 2.05) is 22.7 Å². The Morgan fingerprint density at radius 1 is 0.357 bits per heavy atom. The third kappa shape index (κ3) is 3.01. The maximum Gasteiger partial charge on any atom is 0.0441 e. The van der Waals surface area contributed by atoms with Crippen LogP contribution in [0.15, 0.2) is 133 Å². The summed E-state index contributed by atoms with van der Waals surface area (Å²) in [4.78, 5) is 0. The Morgan fingerprint density at radius 2 is 0.952 bits per heavy atom. The van der Waals surface area contributed by atoms with Gasteiger partial charge in [-0.05, 0) is 67.2 Å². The zero-order valence-corrected chi connectivity index (χ0v) is 24.2. The standard InChI is InChI=1S/C40H22S2/c1-2-8-23(9-3-1)26-18-14-24-16-20-29-30(21-17-25-15-19-28(26)36(24)37(25)29)39-38-31-11-5-7-13-34(31)41-35(38)22-32-27-10-4-6-12-33(27)42-40(32)39/h1-22H. The molecule has 0 unspecified atom stereocenters. The van der Waals surface area contributed by atoms with E-state index in [9.17, 15) is 0 Å². The zero-order chi connectivity index (χ0) is 27.4. The van der Waals surface area contributed by atoms with Crippen molar-refractivity contribution in [3.63, 3.8) is 0 Å². The minimum atomic E-state index is 1.26. The molecule has 0 saturated carbocycles. The van der Waals surface area contributed by atoms with Gasteiger partial charge in [0.05, 0.1) is 0 Å². The summed E-state index contributed by atoms with van der Waals surface area (Å²) in [5.41, 5.74) is 5.26. The Kier molecular flexibility index (Phi) is 4.57. The van der Waals surface area contributed by atoms with Gasteiger partial charge in [0, 0.05) is 45.9 Å². The normalized spacial score (nSPS) is 12.3. The van der Waals surface area contributed by atoms with E-state index in [0.29, 0.717) is 0 Å². The lowest BCUT2D eigenvalue weighted by atomic mass is 9.86. The molecule has 0 amide bonds. The molecule has 8 aromatic carbocycles. The molecule has 10 aromatic rings.